The zero-order valence-electron chi connectivity index (χ0n) is 14.1. The first-order valence-electron chi connectivity index (χ1n) is 7.55. The lowest BCUT2D eigenvalue weighted by molar-refractivity contribution is 0.411. The molecule has 0 spiro atoms. The molecule has 0 atom stereocenters. The van der Waals surface area contributed by atoms with E-state index in [4.69, 9.17) is 4.74 Å². The molecule has 1 heterocycles. The minimum atomic E-state index is 0.578. The fraction of sp³-hybridized carbons (Fsp3) is 0.438. The van der Waals surface area contributed by atoms with Crippen LogP contribution in [0, 0.1) is 6.92 Å². The number of guanidine groups is 1. The predicted molar refractivity (Wildman–Crippen MR) is 90.6 cm³/mol. The molecule has 0 aliphatic carbocycles. The van der Waals surface area contributed by atoms with E-state index in [9.17, 15) is 0 Å². The number of aromatic nitrogens is 3. The zero-order valence-corrected chi connectivity index (χ0v) is 14.1. The van der Waals surface area contributed by atoms with Crippen molar-refractivity contribution in [3.05, 3.63) is 41.5 Å². The summed E-state index contributed by atoms with van der Waals surface area (Å²) in [6.45, 7) is 3.40. The van der Waals surface area contributed by atoms with Gasteiger partial charge in [-0.15, -0.1) is 10.2 Å². The SMILES string of the molecule is CN=C(NCCc1ccc(C)c(OC)c1)NCc1nncn1C. The van der Waals surface area contributed by atoms with E-state index in [-0.39, 0.29) is 0 Å². The topological polar surface area (TPSA) is 76.4 Å². The maximum atomic E-state index is 5.35. The van der Waals surface area contributed by atoms with Gasteiger partial charge < -0.3 is 19.9 Å². The van der Waals surface area contributed by atoms with Crippen LogP contribution in [0.5, 0.6) is 5.75 Å². The van der Waals surface area contributed by atoms with Gasteiger partial charge in [-0.3, -0.25) is 4.99 Å². The maximum absolute atomic E-state index is 5.35. The molecular weight excluding hydrogens is 292 g/mol. The summed E-state index contributed by atoms with van der Waals surface area (Å²) in [5.41, 5.74) is 2.37. The van der Waals surface area contributed by atoms with E-state index in [1.807, 2.05) is 18.5 Å². The molecule has 7 heteroatoms. The Labute approximate surface area is 136 Å². The van der Waals surface area contributed by atoms with Gasteiger partial charge in [0.25, 0.3) is 0 Å². The van der Waals surface area contributed by atoms with Crippen molar-refractivity contribution in [2.75, 3.05) is 20.7 Å². The van der Waals surface area contributed by atoms with Gasteiger partial charge in [0.2, 0.25) is 0 Å². The lowest BCUT2D eigenvalue weighted by Crippen LogP contribution is -2.38. The number of ether oxygens (including phenoxy) is 1. The maximum Gasteiger partial charge on any atom is 0.191 e. The Morgan fingerprint density at radius 1 is 1.35 bits per heavy atom. The van der Waals surface area contributed by atoms with Crippen molar-refractivity contribution in [2.24, 2.45) is 12.0 Å². The molecule has 2 aromatic rings. The largest absolute Gasteiger partial charge is 0.496 e. The summed E-state index contributed by atoms with van der Waals surface area (Å²) >= 11 is 0. The first-order chi connectivity index (χ1) is 11.1. The second kappa shape index (κ2) is 8.17. The fourth-order valence-corrected chi connectivity index (χ4v) is 2.20. The molecule has 2 N–H and O–H groups in total. The molecule has 0 aliphatic heterocycles. The van der Waals surface area contributed by atoms with Gasteiger partial charge in [0.1, 0.15) is 12.1 Å². The van der Waals surface area contributed by atoms with Crippen LogP contribution in [0.4, 0.5) is 0 Å². The van der Waals surface area contributed by atoms with Crippen molar-refractivity contribution in [1.29, 1.82) is 0 Å². The second-order valence-corrected chi connectivity index (χ2v) is 5.26. The van der Waals surface area contributed by atoms with E-state index in [1.54, 1.807) is 20.5 Å². The zero-order chi connectivity index (χ0) is 16.7. The molecule has 124 valence electrons. The van der Waals surface area contributed by atoms with Gasteiger partial charge in [-0.05, 0) is 30.5 Å². The number of hydrogen-bond donors (Lipinski definition) is 2. The first-order valence-corrected chi connectivity index (χ1v) is 7.55. The predicted octanol–water partition coefficient (Wildman–Crippen LogP) is 1.04. The van der Waals surface area contributed by atoms with Gasteiger partial charge in [-0.25, -0.2) is 0 Å². The third kappa shape index (κ3) is 4.70. The normalized spacial score (nSPS) is 11.4. The average molecular weight is 316 g/mol. The molecule has 7 nitrogen and oxygen atoms in total. The lowest BCUT2D eigenvalue weighted by Gasteiger charge is -2.12. The number of methoxy groups -OCH3 is 1. The Bertz CT molecular complexity index is 664. The van der Waals surface area contributed by atoms with Crippen LogP contribution in [0.25, 0.3) is 0 Å². The molecule has 0 saturated carbocycles. The average Bonchev–Trinajstić information content (AvgIpc) is 2.97. The molecule has 0 fully saturated rings. The van der Waals surface area contributed by atoms with Gasteiger partial charge in [-0.2, -0.15) is 0 Å². The Hall–Kier alpha value is -2.57. The number of nitrogens with one attached hydrogen (secondary N) is 2. The highest BCUT2D eigenvalue weighted by Crippen LogP contribution is 2.18. The molecule has 0 aliphatic rings. The molecule has 0 amide bonds. The van der Waals surface area contributed by atoms with Crippen LogP contribution < -0.4 is 15.4 Å². The van der Waals surface area contributed by atoms with Crippen LogP contribution in [0.2, 0.25) is 0 Å². The van der Waals surface area contributed by atoms with Crippen molar-refractivity contribution < 1.29 is 4.74 Å². The highest BCUT2D eigenvalue weighted by atomic mass is 16.5. The van der Waals surface area contributed by atoms with Gasteiger partial charge >= 0.3 is 0 Å². The summed E-state index contributed by atoms with van der Waals surface area (Å²) in [5.74, 6) is 2.52. The van der Waals surface area contributed by atoms with E-state index in [0.29, 0.717) is 6.54 Å². The fourth-order valence-electron chi connectivity index (χ4n) is 2.20. The van der Waals surface area contributed by atoms with E-state index in [2.05, 4.69) is 44.0 Å². The minimum absolute atomic E-state index is 0.578. The van der Waals surface area contributed by atoms with Gasteiger partial charge in [0, 0.05) is 20.6 Å². The first kappa shape index (κ1) is 16.8. The summed E-state index contributed by atoms with van der Waals surface area (Å²) in [7, 11) is 5.36. The van der Waals surface area contributed by atoms with Crippen LogP contribution in [-0.4, -0.2) is 41.4 Å². The number of hydrogen-bond acceptors (Lipinski definition) is 4. The third-order valence-electron chi connectivity index (χ3n) is 3.62. The van der Waals surface area contributed by atoms with Crippen LogP contribution in [-0.2, 0) is 20.0 Å². The number of aryl methyl sites for hydroxylation is 2. The summed E-state index contributed by atoms with van der Waals surface area (Å²) in [5, 5.41) is 14.4. The molecule has 0 bridgehead atoms. The van der Waals surface area contributed by atoms with Crippen LogP contribution in [0.3, 0.4) is 0 Å². The van der Waals surface area contributed by atoms with E-state index >= 15 is 0 Å². The Balaban J connectivity index is 1.81. The number of nitrogens with zero attached hydrogens (tertiary/aromatic N) is 4. The number of rotatable bonds is 6. The molecule has 0 radical (unpaired) electrons. The smallest absolute Gasteiger partial charge is 0.191 e. The van der Waals surface area contributed by atoms with Gasteiger partial charge in [0.15, 0.2) is 11.8 Å². The Morgan fingerprint density at radius 2 is 2.17 bits per heavy atom. The van der Waals surface area contributed by atoms with Crippen molar-refractivity contribution in [2.45, 2.75) is 19.9 Å². The monoisotopic (exact) mass is 316 g/mol. The van der Waals surface area contributed by atoms with Gasteiger partial charge in [-0.1, -0.05) is 12.1 Å². The van der Waals surface area contributed by atoms with Crippen molar-refractivity contribution in [3.8, 4) is 5.75 Å². The van der Waals surface area contributed by atoms with Crippen LogP contribution >= 0.6 is 0 Å². The summed E-state index contributed by atoms with van der Waals surface area (Å²) in [6, 6.07) is 6.28. The second-order valence-electron chi connectivity index (χ2n) is 5.26. The van der Waals surface area contributed by atoms with E-state index in [0.717, 1.165) is 36.1 Å². The summed E-state index contributed by atoms with van der Waals surface area (Å²) < 4.78 is 7.23. The molecule has 23 heavy (non-hydrogen) atoms. The molecule has 0 saturated heterocycles. The molecule has 1 aromatic heterocycles. The highest BCUT2D eigenvalue weighted by molar-refractivity contribution is 5.79. The van der Waals surface area contributed by atoms with Crippen molar-refractivity contribution >= 4 is 5.96 Å². The Morgan fingerprint density at radius 3 is 2.83 bits per heavy atom. The highest BCUT2D eigenvalue weighted by Gasteiger charge is 2.04. The van der Waals surface area contributed by atoms with E-state index in [1.165, 1.54) is 5.56 Å². The van der Waals surface area contributed by atoms with Gasteiger partial charge in [0.05, 0.1) is 13.7 Å². The minimum Gasteiger partial charge on any atom is -0.496 e. The molecule has 0 unspecified atom stereocenters. The van der Waals surface area contributed by atoms with Crippen LogP contribution in [0.15, 0.2) is 29.5 Å². The standard InChI is InChI=1S/C16H24N6O/c1-12-5-6-13(9-14(12)23-4)7-8-18-16(17-2)19-10-15-21-20-11-22(15)3/h5-6,9,11H,7-8,10H2,1-4H3,(H2,17,18,19). The molecular formula is C16H24N6O. The molecule has 1 aromatic carbocycles. The van der Waals surface area contributed by atoms with E-state index < -0.39 is 0 Å². The quantitative estimate of drug-likeness (QED) is 0.615. The van der Waals surface area contributed by atoms with Crippen molar-refractivity contribution in [3.63, 3.8) is 0 Å². The van der Waals surface area contributed by atoms with Crippen LogP contribution in [0.1, 0.15) is 17.0 Å². The summed E-state index contributed by atoms with van der Waals surface area (Å²) in [4.78, 5) is 4.21. The lowest BCUT2D eigenvalue weighted by atomic mass is 10.1. The summed E-state index contributed by atoms with van der Waals surface area (Å²) in [6.07, 6.45) is 2.57. The Kier molecular flexibility index (Phi) is 5.96. The number of benzene rings is 1. The third-order valence-corrected chi connectivity index (χ3v) is 3.62. The van der Waals surface area contributed by atoms with Crippen molar-refractivity contribution in [1.82, 2.24) is 25.4 Å². The number of aliphatic imine (C=N–C) groups is 1. The molecule has 2 rings (SSSR count).